The third kappa shape index (κ3) is 1.95. The highest BCUT2D eigenvalue weighted by Crippen LogP contribution is 2.25. The molecule has 22 heavy (non-hydrogen) atoms. The number of para-hydroxylation sites is 1. The minimum atomic E-state index is -1.09. The second-order valence-corrected chi connectivity index (χ2v) is 5.01. The number of nitrogens with zero attached hydrogens (tertiary/aromatic N) is 1. The molecule has 5 heteroatoms. The molecule has 0 aliphatic heterocycles. The van der Waals surface area contributed by atoms with Crippen LogP contribution in [0.25, 0.3) is 16.5 Å². The number of aromatic nitrogens is 1. The smallest absolute Gasteiger partial charge is 0.338 e. The van der Waals surface area contributed by atoms with Gasteiger partial charge in [-0.1, -0.05) is 30.3 Å². The second-order valence-electron chi connectivity index (χ2n) is 5.01. The number of carboxylic acid groups (broad SMARTS) is 1. The molecule has 0 spiro atoms. The van der Waals surface area contributed by atoms with E-state index in [1.54, 1.807) is 49.4 Å². The average molecular weight is 294 g/mol. The first-order valence-electron chi connectivity index (χ1n) is 6.75. The number of hydrogen-bond acceptors (Lipinski definition) is 3. The van der Waals surface area contributed by atoms with Gasteiger partial charge >= 0.3 is 5.97 Å². The van der Waals surface area contributed by atoms with Crippen molar-refractivity contribution in [3.63, 3.8) is 0 Å². The molecule has 0 atom stereocenters. The van der Waals surface area contributed by atoms with Gasteiger partial charge in [0.15, 0.2) is 0 Å². The summed E-state index contributed by atoms with van der Waals surface area (Å²) in [6.07, 6.45) is 0. The van der Waals surface area contributed by atoms with Crippen molar-refractivity contribution >= 4 is 22.4 Å². The Hall–Kier alpha value is -3.08. The zero-order chi connectivity index (χ0) is 15.9. The minimum Gasteiger partial charge on any atom is -0.478 e. The Balaban J connectivity index is 2.57. The van der Waals surface area contributed by atoms with Gasteiger partial charge in [0.2, 0.25) is 0 Å². The van der Waals surface area contributed by atoms with Crippen molar-refractivity contribution in [1.29, 1.82) is 0 Å². The maximum atomic E-state index is 12.8. The van der Waals surface area contributed by atoms with Crippen LogP contribution in [-0.4, -0.2) is 15.6 Å². The SMILES string of the molecule is Cc1c(C(=O)O)c2cccc(N)c2c(=O)n1-c1ccccc1. The number of fused-ring (bicyclic) bond motifs is 1. The fourth-order valence-electron chi connectivity index (χ4n) is 2.75. The van der Waals surface area contributed by atoms with Gasteiger partial charge in [0, 0.05) is 22.5 Å². The van der Waals surface area contributed by atoms with Crippen LogP contribution < -0.4 is 11.3 Å². The van der Waals surface area contributed by atoms with Crippen LogP contribution in [0, 0.1) is 6.92 Å². The molecule has 1 heterocycles. The van der Waals surface area contributed by atoms with Gasteiger partial charge in [-0.2, -0.15) is 0 Å². The highest BCUT2D eigenvalue weighted by Gasteiger charge is 2.20. The molecule has 0 saturated carbocycles. The van der Waals surface area contributed by atoms with Crippen molar-refractivity contribution in [3.8, 4) is 5.69 Å². The van der Waals surface area contributed by atoms with Crippen molar-refractivity contribution in [1.82, 2.24) is 4.57 Å². The van der Waals surface area contributed by atoms with Crippen LogP contribution >= 0.6 is 0 Å². The van der Waals surface area contributed by atoms with Crippen molar-refractivity contribution in [2.75, 3.05) is 5.73 Å². The first-order chi connectivity index (χ1) is 10.5. The molecule has 5 nitrogen and oxygen atoms in total. The number of nitrogens with two attached hydrogens (primary N) is 1. The topological polar surface area (TPSA) is 85.3 Å². The van der Waals surface area contributed by atoms with Crippen LogP contribution in [0.5, 0.6) is 0 Å². The van der Waals surface area contributed by atoms with E-state index in [-0.39, 0.29) is 22.2 Å². The second kappa shape index (κ2) is 5.04. The first-order valence-corrected chi connectivity index (χ1v) is 6.75. The molecule has 0 fully saturated rings. The van der Waals surface area contributed by atoms with Crippen molar-refractivity contribution < 1.29 is 9.90 Å². The van der Waals surface area contributed by atoms with E-state index in [0.717, 1.165) is 0 Å². The Morgan fingerprint density at radius 2 is 1.77 bits per heavy atom. The number of aromatic carboxylic acids is 1. The summed E-state index contributed by atoms with van der Waals surface area (Å²) < 4.78 is 1.39. The maximum absolute atomic E-state index is 12.8. The normalized spacial score (nSPS) is 10.8. The Morgan fingerprint density at radius 1 is 1.09 bits per heavy atom. The lowest BCUT2D eigenvalue weighted by atomic mass is 10.0. The molecule has 3 rings (SSSR count). The van der Waals surface area contributed by atoms with Gasteiger partial charge < -0.3 is 10.8 Å². The van der Waals surface area contributed by atoms with Gasteiger partial charge in [0.25, 0.3) is 5.56 Å². The Kier molecular flexibility index (Phi) is 3.18. The van der Waals surface area contributed by atoms with Gasteiger partial charge in [-0.05, 0) is 25.1 Å². The van der Waals surface area contributed by atoms with E-state index >= 15 is 0 Å². The zero-order valence-electron chi connectivity index (χ0n) is 11.9. The Morgan fingerprint density at radius 3 is 2.41 bits per heavy atom. The average Bonchev–Trinajstić information content (AvgIpc) is 2.48. The number of rotatable bonds is 2. The van der Waals surface area contributed by atoms with Gasteiger partial charge in [-0.25, -0.2) is 4.79 Å². The molecule has 3 N–H and O–H groups in total. The van der Waals surface area contributed by atoms with Gasteiger partial charge in [0.1, 0.15) is 0 Å². The molecule has 2 aromatic carbocycles. The van der Waals surface area contributed by atoms with E-state index in [9.17, 15) is 14.7 Å². The third-order valence-corrected chi connectivity index (χ3v) is 3.71. The number of hydrogen-bond donors (Lipinski definition) is 2. The summed E-state index contributed by atoms with van der Waals surface area (Å²) in [4.78, 5) is 24.5. The van der Waals surface area contributed by atoms with E-state index < -0.39 is 5.97 Å². The van der Waals surface area contributed by atoms with Crippen LogP contribution in [0.1, 0.15) is 16.1 Å². The van der Waals surface area contributed by atoms with E-state index in [0.29, 0.717) is 16.8 Å². The van der Waals surface area contributed by atoms with Crippen LogP contribution in [0.3, 0.4) is 0 Å². The molecule has 3 aromatic rings. The van der Waals surface area contributed by atoms with E-state index in [1.807, 2.05) is 6.07 Å². The highest BCUT2D eigenvalue weighted by molar-refractivity contribution is 6.07. The number of nitrogen functional groups attached to an aromatic ring is 1. The van der Waals surface area contributed by atoms with Gasteiger partial charge in [0.05, 0.1) is 10.9 Å². The lowest BCUT2D eigenvalue weighted by molar-refractivity contribution is 0.0697. The molecule has 0 radical (unpaired) electrons. The molecule has 0 bridgehead atoms. The summed E-state index contributed by atoms with van der Waals surface area (Å²) in [7, 11) is 0. The summed E-state index contributed by atoms with van der Waals surface area (Å²) in [5, 5.41) is 10.2. The van der Waals surface area contributed by atoms with Gasteiger partial charge in [-0.3, -0.25) is 9.36 Å². The van der Waals surface area contributed by atoms with Crippen molar-refractivity contribution in [2.24, 2.45) is 0 Å². The standard InChI is InChI=1S/C17H14N2O3/c1-10-14(17(21)22)12-8-5-9-13(18)15(12)16(20)19(10)11-6-3-2-4-7-11/h2-9H,18H2,1H3,(H,21,22). The number of benzene rings is 2. The Labute approximate surface area is 126 Å². The minimum absolute atomic E-state index is 0.0887. The predicted octanol–water partition coefficient (Wildman–Crippen LogP) is 2.58. The van der Waals surface area contributed by atoms with Crippen LogP contribution in [0.4, 0.5) is 5.69 Å². The summed E-state index contributed by atoms with van der Waals surface area (Å²) in [6.45, 7) is 1.63. The van der Waals surface area contributed by atoms with Crippen LogP contribution in [0.2, 0.25) is 0 Å². The van der Waals surface area contributed by atoms with Crippen molar-refractivity contribution in [3.05, 3.63) is 70.1 Å². The molecule has 0 aliphatic rings. The lowest BCUT2D eigenvalue weighted by Crippen LogP contribution is -2.24. The maximum Gasteiger partial charge on any atom is 0.338 e. The molecular weight excluding hydrogens is 280 g/mol. The molecule has 110 valence electrons. The zero-order valence-corrected chi connectivity index (χ0v) is 11.9. The Bertz CT molecular complexity index is 944. The number of anilines is 1. The van der Waals surface area contributed by atoms with Crippen molar-refractivity contribution in [2.45, 2.75) is 6.92 Å². The number of pyridine rings is 1. The third-order valence-electron chi connectivity index (χ3n) is 3.71. The van der Waals surface area contributed by atoms with E-state index in [1.165, 1.54) is 4.57 Å². The van der Waals surface area contributed by atoms with Crippen LogP contribution in [-0.2, 0) is 0 Å². The quantitative estimate of drug-likeness (QED) is 0.711. The first kappa shape index (κ1) is 13.9. The fourth-order valence-corrected chi connectivity index (χ4v) is 2.75. The summed E-state index contributed by atoms with van der Waals surface area (Å²) in [5.41, 5.74) is 6.95. The fraction of sp³-hybridized carbons (Fsp3) is 0.0588. The molecule has 1 aromatic heterocycles. The summed E-state index contributed by atoms with van der Waals surface area (Å²) >= 11 is 0. The number of carboxylic acids is 1. The van der Waals surface area contributed by atoms with E-state index in [2.05, 4.69) is 0 Å². The molecule has 0 saturated heterocycles. The predicted molar refractivity (Wildman–Crippen MR) is 85.7 cm³/mol. The molecule has 0 unspecified atom stereocenters. The van der Waals surface area contributed by atoms with Gasteiger partial charge in [-0.15, -0.1) is 0 Å². The monoisotopic (exact) mass is 294 g/mol. The highest BCUT2D eigenvalue weighted by atomic mass is 16.4. The number of carbonyl (C=O) groups is 1. The molecule has 0 aliphatic carbocycles. The van der Waals surface area contributed by atoms with Crippen LogP contribution in [0.15, 0.2) is 53.3 Å². The largest absolute Gasteiger partial charge is 0.478 e. The lowest BCUT2D eigenvalue weighted by Gasteiger charge is -2.16. The van der Waals surface area contributed by atoms with E-state index in [4.69, 9.17) is 5.73 Å². The molecule has 0 amide bonds. The summed E-state index contributed by atoms with van der Waals surface area (Å²) in [5.74, 6) is -1.09. The summed E-state index contributed by atoms with van der Waals surface area (Å²) in [6, 6.07) is 13.8. The molecular formula is C17H14N2O3.